The molecule has 7 aromatic carbocycles. The largest absolute Gasteiger partial charge is 0.455 e. The minimum atomic E-state index is 0.881. The number of para-hydroxylation sites is 2. The summed E-state index contributed by atoms with van der Waals surface area (Å²) in [4.78, 5) is 2.34. The van der Waals surface area contributed by atoms with Gasteiger partial charge in [0, 0.05) is 33.1 Å². The van der Waals surface area contributed by atoms with Crippen molar-refractivity contribution in [2.75, 3.05) is 4.90 Å². The van der Waals surface area contributed by atoms with Crippen LogP contribution in [0.1, 0.15) is 0 Å². The second-order valence-electron chi connectivity index (χ2n) is 10.6. The van der Waals surface area contributed by atoms with Crippen molar-refractivity contribution in [1.82, 2.24) is 0 Å². The monoisotopic (exact) mass is 537 g/mol. The highest BCUT2D eigenvalue weighted by Crippen LogP contribution is 2.42. The standard InChI is InChI=1S/C40H27NO/c1-3-12-28(13-4-1)30-16-9-17-31(26-30)35-21-11-22-36-37-27-33(24-25-39(37)42-40(35)36)41(32-18-5-2-6-19-32)38-23-10-15-29-14-7-8-20-34(29)38/h1-27H. The van der Waals surface area contributed by atoms with Crippen LogP contribution >= 0.6 is 0 Å². The van der Waals surface area contributed by atoms with Crippen molar-refractivity contribution in [3.05, 3.63) is 164 Å². The van der Waals surface area contributed by atoms with E-state index >= 15 is 0 Å². The van der Waals surface area contributed by atoms with E-state index in [4.69, 9.17) is 4.42 Å². The molecule has 0 bridgehead atoms. The lowest BCUT2D eigenvalue weighted by Gasteiger charge is -2.26. The normalized spacial score (nSPS) is 11.3. The summed E-state index contributed by atoms with van der Waals surface area (Å²) in [6.07, 6.45) is 0. The van der Waals surface area contributed by atoms with Gasteiger partial charge >= 0.3 is 0 Å². The van der Waals surface area contributed by atoms with E-state index in [-0.39, 0.29) is 0 Å². The second kappa shape index (κ2) is 10.1. The predicted octanol–water partition coefficient (Wildman–Crippen LogP) is 11.5. The Bertz CT molecular complexity index is 2190. The number of furan rings is 1. The molecule has 0 unspecified atom stereocenters. The molecule has 8 aromatic rings. The lowest BCUT2D eigenvalue weighted by molar-refractivity contribution is 0.670. The third-order valence-corrected chi connectivity index (χ3v) is 8.04. The maximum absolute atomic E-state index is 6.58. The van der Waals surface area contributed by atoms with Crippen LogP contribution < -0.4 is 4.90 Å². The molecule has 0 amide bonds. The zero-order valence-electron chi connectivity index (χ0n) is 22.9. The van der Waals surface area contributed by atoms with E-state index in [1.54, 1.807) is 0 Å². The summed E-state index contributed by atoms with van der Waals surface area (Å²) < 4.78 is 6.58. The number of hydrogen-bond acceptors (Lipinski definition) is 2. The summed E-state index contributed by atoms with van der Waals surface area (Å²) in [5.41, 5.74) is 9.76. The zero-order chi connectivity index (χ0) is 27.9. The van der Waals surface area contributed by atoms with Gasteiger partial charge in [-0.05, 0) is 64.5 Å². The van der Waals surface area contributed by atoms with Gasteiger partial charge in [0.2, 0.25) is 0 Å². The maximum atomic E-state index is 6.58. The van der Waals surface area contributed by atoms with Gasteiger partial charge in [-0.3, -0.25) is 0 Å². The summed E-state index contributed by atoms with van der Waals surface area (Å²) in [5, 5.41) is 4.64. The van der Waals surface area contributed by atoms with E-state index in [9.17, 15) is 0 Å². The molecule has 0 saturated carbocycles. The van der Waals surface area contributed by atoms with Crippen LogP contribution in [0.5, 0.6) is 0 Å². The molecular weight excluding hydrogens is 510 g/mol. The molecule has 8 rings (SSSR count). The highest BCUT2D eigenvalue weighted by molar-refractivity contribution is 6.11. The minimum absolute atomic E-state index is 0.881. The Morgan fingerprint density at radius 2 is 1.07 bits per heavy atom. The summed E-state index contributed by atoms with van der Waals surface area (Å²) in [5.74, 6) is 0. The van der Waals surface area contributed by atoms with Gasteiger partial charge in [-0.15, -0.1) is 0 Å². The Kier molecular flexibility index (Phi) is 5.82. The van der Waals surface area contributed by atoms with Crippen LogP contribution in [0, 0.1) is 0 Å². The van der Waals surface area contributed by atoms with E-state index in [0.29, 0.717) is 0 Å². The Labute approximate surface area is 244 Å². The quantitative estimate of drug-likeness (QED) is 0.217. The summed E-state index contributed by atoms with van der Waals surface area (Å²) >= 11 is 0. The van der Waals surface area contributed by atoms with Crippen LogP contribution in [0.3, 0.4) is 0 Å². The lowest BCUT2D eigenvalue weighted by Crippen LogP contribution is -2.10. The highest BCUT2D eigenvalue weighted by atomic mass is 16.3. The molecule has 42 heavy (non-hydrogen) atoms. The molecule has 0 aliphatic rings. The molecule has 1 heterocycles. The van der Waals surface area contributed by atoms with Crippen LogP contribution in [-0.2, 0) is 0 Å². The molecular formula is C40H27NO. The van der Waals surface area contributed by atoms with Crippen molar-refractivity contribution < 1.29 is 4.42 Å². The SMILES string of the molecule is c1ccc(-c2cccc(-c3cccc4c3oc3ccc(N(c5ccccc5)c5cccc6ccccc56)cc34)c2)cc1. The van der Waals surface area contributed by atoms with E-state index < -0.39 is 0 Å². The van der Waals surface area contributed by atoms with Gasteiger partial charge in [-0.2, -0.15) is 0 Å². The van der Waals surface area contributed by atoms with Crippen LogP contribution in [0.25, 0.3) is 55.0 Å². The average molecular weight is 538 g/mol. The molecule has 1 aromatic heterocycles. The van der Waals surface area contributed by atoms with Crippen molar-refractivity contribution in [3.63, 3.8) is 0 Å². The van der Waals surface area contributed by atoms with Gasteiger partial charge in [0.05, 0.1) is 5.69 Å². The van der Waals surface area contributed by atoms with Gasteiger partial charge in [-0.25, -0.2) is 0 Å². The van der Waals surface area contributed by atoms with E-state index in [1.807, 2.05) is 0 Å². The first-order chi connectivity index (χ1) is 20.8. The van der Waals surface area contributed by atoms with E-state index in [0.717, 1.165) is 50.1 Å². The first-order valence-corrected chi connectivity index (χ1v) is 14.3. The maximum Gasteiger partial charge on any atom is 0.143 e. The molecule has 0 saturated heterocycles. The number of nitrogens with zero attached hydrogens (tertiary/aromatic N) is 1. The molecule has 0 N–H and O–H groups in total. The Hall–Kier alpha value is -5.60. The fourth-order valence-electron chi connectivity index (χ4n) is 6.06. The number of hydrogen-bond donors (Lipinski definition) is 0. The third-order valence-electron chi connectivity index (χ3n) is 8.04. The zero-order valence-corrected chi connectivity index (χ0v) is 22.9. The van der Waals surface area contributed by atoms with Crippen LogP contribution in [-0.4, -0.2) is 0 Å². The molecule has 0 fully saturated rings. The van der Waals surface area contributed by atoms with Crippen molar-refractivity contribution in [2.45, 2.75) is 0 Å². The minimum Gasteiger partial charge on any atom is -0.455 e. The summed E-state index contributed by atoms with van der Waals surface area (Å²) in [6.45, 7) is 0. The number of rotatable bonds is 5. The molecule has 0 radical (unpaired) electrons. The van der Waals surface area contributed by atoms with Gasteiger partial charge in [0.1, 0.15) is 11.2 Å². The van der Waals surface area contributed by atoms with E-state index in [2.05, 4.69) is 169 Å². The first-order valence-electron chi connectivity index (χ1n) is 14.3. The van der Waals surface area contributed by atoms with Gasteiger partial charge in [0.15, 0.2) is 0 Å². The number of fused-ring (bicyclic) bond motifs is 4. The van der Waals surface area contributed by atoms with Crippen molar-refractivity contribution >= 4 is 49.8 Å². The number of benzene rings is 7. The van der Waals surface area contributed by atoms with E-state index in [1.165, 1.54) is 21.9 Å². The van der Waals surface area contributed by atoms with Crippen LogP contribution in [0.15, 0.2) is 168 Å². The van der Waals surface area contributed by atoms with Crippen molar-refractivity contribution in [1.29, 1.82) is 0 Å². The highest BCUT2D eigenvalue weighted by Gasteiger charge is 2.18. The smallest absolute Gasteiger partial charge is 0.143 e. The third kappa shape index (κ3) is 4.13. The fourth-order valence-corrected chi connectivity index (χ4v) is 6.06. The molecule has 0 spiro atoms. The summed E-state index contributed by atoms with van der Waals surface area (Å²) in [7, 11) is 0. The van der Waals surface area contributed by atoms with Gasteiger partial charge < -0.3 is 9.32 Å². The lowest BCUT2D eigenvalue weighted by atomic mass is 9.97. The fraction of sp³-hybridized carbons (Fsp3) is 0. The first kappa shape index (κ1) is 24.2. The molecule has 0 aliphatic carbocycles. The van der Waals surface area contributed by atoms with Crippen LogP contribution in [0.2, 0.25) is 0 Å². The molecule has 198 valence electrons. The molecule has 0 atom stereocenters. The van der Waals surface area contributed by atoms with Crippen molar-refractivity contribution in [3.8, 4) is 22.3 Å². The predicted molar refractivity (Wildman–Crippen MR) is 177 cm³/mol. The van der Waals surface area contributed by atoms with Gasteiger partial charge in [0.25, 0.3) is 0 Å². The van der Waals surface area contributed by atoms with Crippen LogP contribution in [0.4, 0.5) is 17.1 Å². The Morgan fingerprint density at radius 3 is 1.95 bits per heavy atom. The van der Waals surface area contributed by atoms with Gasteiger partial charge in [-0.1, -0.05) is 121 Å². The average Bonchev–Trinajstić information content (AvgIpc) is 3.44. The molecule has 2 heteroatoms. The molecule has 0 aliphatic heterocycles. The Morgan fingerprint density at radius 1 is 0.405 bits per heavy atom. The second-order valence-corrected chi connectivity index (χ2v) is 10.6. The number of anilines is 3. The Balaban J connectivity index is 1.30. The topological polar surface area (TPSA) is 16.4 Å². The van der Waals surface area contributed by atoms with Crippen molar-refractivity contribution in [2.24, 2.45) is 0 Å². The summed E-state index contributed by atoms with van der Waals surface area (Å²) in [6, 6.07) is 57.8. The molecule has 2 nitrogen and oxygen atoms in total.